The van der Waals surface area contributed by atoms with Gasteiger partial charge in [0.2, 0.25) is 0 Å². The first-order valence-electron chi connectivity index (χ1n) is 5.50. The van der Waals surface area contributed by atoms with Gasteiger partial charge in [-0.1, -0.05) is 11.3 Å². The quantitative estimate of drug-likeness (QED) is 0.833. The van der Waals surface area contributed by atoms with Crippen LogP contribution in [-0.2, 0) is 10.0 Å². The Labute approximate surface area is 133 Å². The molecule has 0 saturated carbocycles. The minimum absolute atomic E-state index is 0.0428. The Morgan fingerprint density at radius 2 is 2.00 bits per heavy atom. The number of thiazole rings is 1. The van der Waals surface area contributed by atoms with Crippen molar-refractivity contribution in [3.8, 4) is 5.75 Å². The van der Waals surface area contributed by atoms with E-state index < -0.39 is 16.1 Å². The number of nitrogens with one attached hydrogen (secondary N) is 2. The zero-order valence-electron chi connectivity index (χ0n) is 10.7. The number of amides is 2. The van der Waals surface area contributed by atoms with Crippen molar-refractivity contribution in [2.45, 2.75) is 4.90 Å². The number of hydrogen-bond acceptors (Lipinski definition) is 6. The summed E-state index contributed by atoms with van der Waals surface area (Å²) in [6, 6.07) is 4.78. The van der Waals surface area contributed by atoms with Gasteiger partial charge in [0.1, 0.15) is 5.75 Å². The topological polar surface area (TPSA) is 97.4 Å². The normalized spacial score (nSPS) is 11.0. The van der Waals surface area contributed by atoms with Crippen LogP contribution < -0.4 is 14.8 Å². The average molecular weight is 392 g/mol. The van der Waals surface area contributed by atoms with E-state index in [1.807, 2.05) is 4.72 Å². The summed E-state index contributed by atoms with van der Waals surface area (Å²) in [6.45, 7) is 0. The van der Waals surface area contributed by atoms with Crippen molar-refractivity contribution < 1.29 is 17.9 Å². The number of anilines is 1. The van der Waals surface area contributed by atoms with E-state index in [4.69, 9.17) is 4.74 Å². The molecule has 0 fully saturated rings. The molecule has 0 aliphatic heterocycles. The van der Waals surface area contributed by atoms with Crippen LogP contribution in [0.2, 0.25) is 0 Å². The summed E-state index contributed by atoms with van der Waals surface area (Å²) in [5.41, 5.74) is 0. The summed E-state index contributed by atoms with van der Waals surface area (Å²) in [4.78, 5) is 15.5. The molecule has 1 heterocycles. The Hall–Kier alpha value is -1.65. The minimum atomic E-state index is -3.95. The van der Waals surface area contributed by atoms with Gasteiger partial charge in [-0.25, -0.2) is 22.9 Å². The Morgan fingerprint density at radius 1 is 1.33 bits per heavy atom. The van der Waals surface area contributed by atoms with Crippen LogP contribution in [0.3, 0.4) is 0 Å². The largest absolute Gasteiger partial charge is 0.497 e. The van der Waals surface area contributed by atoms with Gasteiger partial charge in [-0.2, -0.15) is 0 Å². The molecule has 0 radical (unpaired) electrons. The number of nitrogens with zero attached hydrogens (tertiary/aromatic N) is 1. The number of sulfonamides is 1. The predicted molar refractivity (Wildman–Crippen MR) is 82.1 cm³/mol. The molecule has 2 rings (SSSR count). The highest BCUT2D eigenvalue weighted by Crippen LogP contribution is 2.23. The number of rotatable bonds is 4. The summed E-state index contributed by atoms with van der Waals surface area (Å²) in [7, 11) is -2.48. The molecule has 0 bridgehead atoms. The van der Waals surface area contributed by atoms with Crippen LogP contribution in [0.25, 0.3) is 0 Å². The Balaban J connectivity index is 2.07. The second kappa shape index (κ2) is 6.41. The van der Waals surface area contributed by atoms with Gasteiger partial charge in [0.05, 0.1) is 22.0 Å². The van der Waals surface area contributed by atoms with Gasteiger partial charge in [0.15, 0.2) is 5.13 Å². The molecule has 7 nitrogen and oxygen atoms in total. The number of benzene rings is 1. The van der Waals surface area contributed by atoms with Gasteiger partial charge < -0.3 is 4.74 Å². The third-order valence-corrected chi connectivity index (χ3v) is 5.03. The van der Waals surface area contributed by atoms with Gasteiger partial charge in [0, 0.05) is 0 Å². The molecular formula is C11H10BrN3O4S2. The second-order valence-electron chi connectivity index (χ2n) is 3.70. The molecule has 10 heteroatoms. The highest BCUT2D eigenvalue weighted by Gasteiger charge is 2.18. The molecule has 1 aromatic carbocycles. The Morgan fingerprint density at radius 3 is 2.52 bits per heavy atom. The zero-order chi connectivity index (χ0) is 15.5. The van der Waals surface area contributed by atoms with E-state index in [-0.39, 0.29) is 10.0 Å². The number of halogens is 1. The highest BCUT2D eigenvalue weighted by atomic mass is 79.9. The van der Waals surface area contributed by atoms with Crippen LogP contribution in [0, 0.1) is 0 Å². The summed E-state index contributed by atoms with van der Waals surface area (Å²) in [5.74, 6) is 0.519. The maximum Gasteiger partial charge on any atom is 0.334 e. The molecule has 112 valence electrons. The fraction of sp³-hybridized carbons (Fsp3) is 0.0909. The second-order valence-corrected chi connectivity index (χ2v) is 7.80. The SMILES string of the molecule is COc1ccc(S(=O)(=O)NC(=O)Nc2ncc(Br)s2)cc1. The van der Waals surface area contributed by atoms with Crippen LogP contribution in [0.1, 0.15) is 0 Å². The molecule has 2 N–H and O–H groups in total. The zero-order valence-corrected chi connectivity index (χ0v) is 13.9. The maximum absolute atomic E-state index is 12.0. The van der Waals surface area contributed by atoms with Crippen LogP contribution in [-0.4, -0.2) is 26.5 Å². The van der Waals surface area contributed by atoms with Crippen LogP contribution >= 0.6 is 27.3 Å². The first kappa shape index (κ1) is 15.7. The number of urea groups is 1. The Kier molecular flexibility index (Phi) is 4.80. The van der Waals surface area contributed by atoms with Crippen molar-refractivity contribution in [3.63, 3.8) is 0 Å². The lowest BCUT2D eigenvalue weighted by Gasteiger charge is -2.07. The molecule has 0 atom stereocenters. The van der Waals surface area contributed by atoms with Gasteiger partial charge in [-0.15, -0.1) is 0 Å². The lowest BCUT2D eigenvalue weighted by Crippen LogP contribution is -2.34. The van der Waals surface area contributed by atoms with E-state index in [1.54, 1.807) is 0 Å². The number of carbonyl (C=O) groups excluding carboxylic acids is 1. The number of aromatic nitrogens is 1. The van der Waals surface area contributed by atoms with Gasteiger partial charge in [-0.05, 0) is 40.2 Å². The maximum atomic E-state index is 12.0. The lowest BCUT2D eigenvalue weighted by atomic mass is 10.3. The average Bonchev–Trinajstić information content (AvgIpc) is 2.83. The van der Waals surface area contributed by atoms with Crippen molar-refractivity contribution in [3.05, 3.63) is 34.2 Å². The highest BCUT2D eigenvalue weighted by molar-refractivity contribution is 9.11. The number of methoxy groups -OCH3 is 1. The van der Waals surface area contributed by atoms with Gasteiger partial charge >= 0.3 is 6.03 Å². The summed E-state index contributed by atoms with van der Waals surface area (Å²) in [5, 5.41) is 2.62. The molecule has 2 amide bonds. The predicted octanol–water partition coefficient (Wildman–Crippen LogP) is 2.42. The summed E-state index contributed by atoms with van der Waals surface area (Å²) in [6.07, 6.45) is 1.50. The fourth-order valence-electron chi connectivity index (χ4n) is 1.37. The number of hydrogen-bond donors (Lipinski definition) is 2. The molecule has 2 aromatic rings. The molecule has 21 heavy (non-hydrogen) atoms. The van der Waals surface area contributed by atoms with E-state index in [9.17, 15) is 13.2 Å². The third kappa shape index (κ3) is 4.16. The molecular weight excluding hydrogens is 382 g/mol. The van der Waals surface area contributed by atoms with E-state index in [0.717, 1.165) is 3.79 Å². The summed E-state index contributed by atoms with van der Waals surface area (Å²) < 4.78 is 31.6. The lowest BCUT2D eigenvalue weighted by molar-refractivity contribution is 0.256. The third-order valence-electron chi connectivity index (χ3n) is 2.29. The first-order valence-corrected chi connectivity index (χ1v) is 8.59. The first-order chi connectivity index (χ1) is 9.90. The van der Waals surface area contributed by atoms with Crippen LogP contribution in [0.5, 0.6) is 5.75 Å². The number of carbonyl (C=O) groups is 1. The molecule has 0 saturated heterocycles. The number of ether oxygens (including phenoxy) is 1. The van der Waals surface area contributed by atoms with E-state index >= 15 is 0 Å². The van der Waals surface area contributed by atoms with Gasteiger partial charge in [0.25, 0.3) is 10.0 Å². The molecule has 0 unspecified atom stereocenters. The van der Waals surface area contributed by atoms with Crippen LogP contribution in [0.15, 0.2) is 39.1 Å². The fourth-order valence-corrected chi connectivity index (χ4v) is 3.38. The molecule has 0 aliphatic carbocycles. The van der Waals surface area contributed by atoms with E-state index in [2.05, 4.69) is 26.2 Å². The summed E-state index contributed by atoms with van der Waals surface area (Å²) >= 11 is 4.35. The molecule has 0 spiro atoms. The van der Waals surface area contributed by atoms with E-state index in [1.165, 1.54) is 48.9 Å². The monoisotopic (exact) mass is 391 g/mol. The van der Waals surface area contributed by atoms with Gasteiger partial charge in [-0.3, -0.25) is 5.32 Å². The van der Waals surface area contributed by atoms with Crippen molar-refractivity contribution in [1.29, 1.82) is 0 Å². The molecule has 0 aliphatic rings. The van der Waals surface area contributed by atoms with Crippen molar-refractivity contribution in [1.82, 2.24) is 9.71 Å². The molecule has 1 aromatic heterocycles. The van der Waals surface area contributed by atoms with Crippen molar-refractivity contribution >= 4 is 48.5 Å². The smallest absolute Gasteiger partial charge is 0.334 e. The van der Waals surface area contributed by atoms with Crippen molar-refractivity contribution in [2.24, 2.45) is 0 Å². The van der Waals surface area contributed by atoms with E-state index in [0.29, 0.717) is 5.75 Å². The van der Waals surface area contributed by atoms with Crippen molar-refractivity contribution in [2.75, 3.05) is 12.4 Å². The standard InChI is InChI=1S/C11H10BrN3O4S2/c1-19-7-2-4-8(5-3-7)21(17,18)15-10(16)14-11-13-6-9(12)20-11/h2-6H,1H3,(H2,13,14,15,16). The Bertz CT molecular complexity index is 743. The van der Waals surface area contributed by atoms with Crippen LogP contribution in [0.4, 0.5) is 9.93 Å². The minimum Gasteiger partial charge on any atom is -0.497 e.